The van der Waals surface area contributed by atoms with Crippen LogP contribution in [-0.2, 0) is 17.4 Å². The minimum Gasteiger partial charge on any atom is -0.356 e. The Labute approximate surface area is 202 Å². The molecule has 174 valence electrons. The molecule has 0 amide bonds. The molecule has 1 unspecified atom stereocenters. The van der Waals surface area contributed by atoms with E-state index in [0.717, 1.165) is 44.6 Å². The van der Waals surface area contributed by atoms with E-state index in [2.05, 4.69) is 22.3 Å². The monoisotopic (exact) mass is 472 g/mol. The minimum absolute atomic E-state index is 0.0592. The van der Waals surface area contributed by atoms with Crippen molar-refractivity contribution in [2.24, 2.45) is 5.14 Å². The molecule has 0 spiro atoms. The summed E-state index contributed by atoms with van der Waals surface area (Å²) in [6.07, 6.45) is 1.15. The van der Waals surface area contributed by atoms with Crippen molar-refractivity contribution in [1.29, 1.82) is 5.26 Å². The molecule has 0 bridgehead atoms. The van der Waals surface area contributed by atoms with Gasteiger partial charge in [0.2, 0.25) is 0 Å². The van der Waals surface area contributed by atoms with E-state index >= 15 is 0 Å². The second-order valence-corrected chi connectivity index (χ2v) is 11.1. The molecule has 6 nitrogen and oxygen atoms in total. The Morgan fingerprint density at radius 1 is 1.15 bits per heavy atom. The zero-order valence-corrected chi connectivity index (χ0v) is 20.6. The standard InChI is InChI=1S/C27H28N4O2S/c1-17-9-12-23-25(13-17)33-31-26(23)22-8-6-5-7-21(22)19(15-27(3,4)34(29)32)14-24-18(2)10-11-20(16-28)30-24/h5-13,19H,14-15,29H2,1-4H3/t19-,34?/m0/s1. The van der Waals surface area contributed by atoms with Crippen LogP contribution in [0.25, 0.3) is 22.2 Å². The zero-order valence-electron chi connectivity index (χ0n) is 19.8. The first-order valence-electron chi connectivity index (χ1n) is 11.2. The number of hydrogen-bond donors (Lipinski definition) is 1. The smallest absolute Gasteiger partial charge is 0.167 e. The van der Waals surface area contributed by atoms with E-state index in [4.69, 9.17) is 9.66 Å². The van der Waals surface area contributed by atoms with Gasteiger partial charge in [-0.3, -0.25) is 5.14 Å². The zero-order chi connectivity index (χ0) is 24.5. The van der Waals surface area contributed by atoms with Crippen molar-refractivity contribution in [3.05, 3.63) is 82.7 Å². The number of aromatic nitrogens is 2. The summed E-state index contributed by atoms with van der Waals surface area (Å²) in [5.41, 5.74) is 6.87. The van der Waals surface area contributed by atoms with Gasteiger partial charge in [0, 0.05) is 16.6 Å². The fraction of sp³-hybridized carbons (Fsp3) is 0.296. The number of nitriles is 1. The summed E-state index contributed by atoms with van der Waals surface area (Å²) in [4.78, 5) is 4.58. The quantitative estimate of drug-likeness (QED) is 0.382. The maximum Gasteiger partial charge on any atom is 0.167 e. The third kappa shape index (κ3) is 4.79. The molecule has 2 atom stereocenters. The third-order valence-corrected chi connectivity index (χ3v) is 7.58. The van der Waals surface area contributed by atoms with Gasteiger partial charge in [-0.2, -0.15) is 5.26 Å². The van der Waals surface area contributed by atoms with Gasteiger partial charge in [0.15, 0.2) is 5.58 Å². The fourth-order valence-electron chi connectivity index (χ4n) is 4.35. The largest absolute Gasteiger partial charge is 0.356 e. The van der Waals surface area contributed by atoms with E-state index in [1.54, 1.807) is 6.07 Å². The molecule has 4 aromatic rings. The molecular formula is C27H28N4O2S. The molecule has 7 heteroatoms. The molecule has 2 heterocycles. The lowest BCUT2D eigenvalue weighted by molar-refractivity contribution is 0.459. The maximum absolute atomic E-state index is 12.4. The molecule has 0 fully saturated rings. The van der Waals surface area contributed by atoms with Gasteiger partial charge in [-0.25, -0.2) is 9.19 Å². The number of aryl methyl sites for hydroxylation is 2. The Bertz CT molecular complexity index is 1420. The second kappa shape index (κ2) is 9.49. The minimum atomic E-state index is -1.51. The van der Waals surface area contributed by atoms with Gasteiger partial charge in [-0.1, -0.05) is 41.6 Å². The summed E-state index contributed by atoms with van der Waals surface area (Å²) in [6, 6.07) is 19.9. The average Bonchev–Trinajstić information content (AvgIpc) is 3.22. The lowest BCUT2D eigenvalue weighted by atomic mass is 9.82. The molecule has 2 aromatic heterocycles. The molecule has 0 aliphatic rings. The van der Waals surface area contributed by atoms with Crippen LogP contribution in [0.3, 0.4) is 0 Å². The number of hydrogen-bond acceptors (Lipinski definition) is 5. The van der Waals surface area contributed by atoms with Gasteiger partial charge in [0.1, 0.15) is 17.5 Å². The van der Waals surface area contributed by atoms with E-state index in [9.17, 15) is 9.47 Å². The number of nitrogens with two attached hydrogens (primary N) is 1. The summed E-state index contributed by atoms with van der Waals surface area (Å²) in [7, 11) is -1.51. The highest BCUT2D eigenvalue weighted by atomic mass is 32.2. The summed E-state index contributed by atoms with van der Waals surface area (Å²) in [6.45, 7) is 7.84. The first-order chi connectivity index (χ1) is 16.2. The molecule has 0 saturated heterocycles. The van der Waals surface area contributed by atoms with E-state index < -0.39 is 15.7 Å². The average molecular weight is 473 g/mol. The summed E-state index contributed by atoms with van der Waals surface area (Å²) in [5.74, 6) is -0.0592. The normalized spacial score (nSPS) is 13.5. The Morgan fingerprint density at radius 2 is 1.91 bits per heavy atom. The van der Waals surface area contributed by atoms with Gasteiger partial charge in [-0.15, -0.1) is 0 Å². The Balaban J connectivity index is 1.85. The topological polar surface area (TPSA) is 106 Å². The van der Waals surface area contributed by atoms with E-state index in [-0.39, 0.29) is 5.92 Å². The molecule has 0 aliphatic heterocycles. The van der Waals surface area contributed by atoms with Crippen LogP contribution in [0, 0.1) is 25.2 Å². The predicted molar refractivity (Wildman–Crippen MR) is 135 cm³/mol. The van der Waals surface area contributed by atoms with E-state index in [1.165, 1.54) is 0 Å². The van der Waals surface area contributed by atoms with Crippen LogP contribution in [0.4, 0.5) is 0 Å². The maximum atomic E-state index is 12.4. The first-order valence-corrected chi connectivity index (χ1v) is 12.4. The number of benzene rings is 2. The summed E-state index contributed by atoms with van der Waals surface area (Å²) in [5, 5.41) is 20.6. The molecule has 4 rings (SSSR count). The predicted octanol–water partition coefficient (Wildman–Crippen LogP) is 5.50. The lowest BCUT2D eigenvalue weighted by Crippen LogP contribution is -2.34. The summed E-state index contributed by atoms with van der Waals surface area (Å²) >= 11 is 0. The summed E-state index contributed by atoms with van der Waals surface area (Å²) < 4.78 is 17.4. The van der Waals surface area contributed by atoms with Crippen LogP contribution < -0.4 is 5.14 Å². The number of rotatable bonds is 7. The van der Waals surface area contributed by atoms with E-state index in [0.29, 0.717) is 18.5 Å². The van der Waals surface area contributed by atoms with Crippen molar-refractivity contribution in [1.82, 2.24) is 10.1 Å². The molecule has 0 radical (unpaired) electrons. The van der Waals surface area contributed by atoms with Gasteiger partial charge in [0.05, 0.1) is 15.7 Å². The van der Waals surface area contributed by atoms with Crippen molar-refractivity contribution in [3.8, 4) is 17.3 Å². The highest BCUT2D eigenvalue weighted by molar-refractivity contribution is 7.84. The number of pyridine rings is 1. The molecule has 34 heavy (non-hydrogen) atoms. The van der Waals surface area contributed by atoms with Crippen molar-refractivity contribution in [2.45, 2.75) is 51.2 Å². The fourth-order valence-corrected chi connectivity index (χ4v) is 4.71. The van der Waals surface area contributed by atoms with Gasteiger partial charge < -0.3 is 4.52 Å². The van der Waals surface area contributed by atoms with Crippen LogP contribution >= 0.6 is 0 Å². The third-order valence-electron chi connectivity index (χ3n) is 6.32. The highest BCUT2D eigenvalue weighted by Crippen LogP contribution is 2.39. The van der Waals surface area contributed by atoms with Gasteiger partial charge in [0.25, 0.3) is 0 Å². The first kappa shape index (κ1) is 23.8. The van der Waals surface area contributed by atoms with Crippen molar-refractivity contribution < 1.29 is 8.73 Å². The second-order valence-electron chi connectivity index (χ2n) is 9.35. The Hall–Kier alpha value is -3.34. The highest BCUT2D eigenvalue weighted by Gasteiger charge is 2.31. The van der Waals surface area contributed by atoms with Crippen molar-refractivity contribution in [3.63, 3.8) is 0 Å². The van der Waals surface area contributed by atoms with Gasteiger partial charge >= 0.3 is 0 Å². The Kier molecular flexibility index (Phi) is 6.65. The van der Waals surface area contributed by atoms with Crippen LogP contribution in [0.2, 0.25) is 0 Å². The van der Waals surface area contributed by atoms with Crippen LogP contribution in [-0.4, -0.2) is 19.1 Å². The van der Waals surface area contributed by atoms with Gasteiger partial charge in [-0.05, 0) is 81.3 Å². The Morgan fingerprint density at radius 3 is 2.65 bits per heavy atom. The van der Waals surface area contributed by atoms with Crippen molar-refractivity contribution >= 4 is 22.0 Å². The van der Waals surface area contributed by atoms with Crippen LogP contribution in [0.15, 0.2) is 59.1 Å². The van der Waals surface area contributed by atoms with Crippen LogP contribution in [0.5, 0.6) is 0 Å². The lowest BCUT2D eigenvalue weighted by Gasteiger charge is -2.29. The number of fused-ring (bicyclic) bond motifs is 1. The number of nitrogens with zero attached hydrogens (tertiary/aromatic N) is 3. The molecule has 0 saturated carbocycles. The molecule has 0 aliphatic carbocycles. The molecule has 2 aromatic carbocycles. The van der Waals surface area contributed by atoms with Crippen molar-refractivity contribution in [2.75, 3.05) is 0 Å². The molecule has 2 N–H and O–H groups in total. The SMILES string of the molecule is Cc1ccc2c(-c3ccccc3[C@@H](Cc3nc(C#N)ccc3C)CC(C)(C)S(N)=O)noc2c1. The van der Waals surface area contributed by atoms with E-state index in [1.807, 2.05) is 70.2 Å². The molecular weight excluding hydrogens is 444 g/mol. The van der Waals surface area contributed by atoms with Crippen LogP contribution in [0.1, 0.15) is 54.3 Å².